The molecule has 1 aliphatic rings. The Balaban J connectivity index is 1.34. The third kappa shape index (κ3) is 4.54. The van der Waals surface area contributed by atoms with Gasteiger partial charge in [0.1, 0.15) is 5.76 Å². The van der Waals surface area contributed by atoms with Crippen LogP contribution in [0.15, 0.2) is 52.9 Å². The topological polar surface area (TPSA) is 61.6 Å². The minimum absolute atomic E-state index is 0.0419. The number of nitrogens with zero attached hydrogens (tertiary/aromatic N) is 3. The molecule has 0 aliphatic carbocycles. The van der Waals surface area contributed by atoms with E-state index in [-0.39, 0.29) is 6.03 Å². The van der Waals surface area contributed by atoms with Crippen LogP contribution < -0.4 is 5.32 Å². The molecule has 0 bridgehead atoms. The third-order valence-corrected chi connectivity index (χ3v) is 5.57. The van der Waals surface area contributed by atoms with Crippen molar-refractivity contribution in [1.29, 1.82) is 0 Å². The number of anilines is 1. The Labute approximate surface area is 177 Å². The van der Waals surface area contributed by atoms with Gasteiger partial charge < -0.3 is 14.6 Å². The van der Waals surface area contributed by atoms with Gasteiger partial charge in [-0.05, 0) is 50.1 Å². The Morgan fingerprint density at radius 1 is 1.03 bits per heavy atom. The summed E-state index contributed by atoms with van der Waals surface area (Å²) in [6.45, 7) is 9.80. The number of hydrogen-bond acceptors (Lipinski definition) is 4. The van der Waals surface area contributed by atoms with E-state index >= 15 is 0 Å². The zero-order valence-corrected chi connectivity index (χ0v) is 17.8. The van der Waals surface area contributed by atoms with Crippen molar-refractivity contribution in [3.63, 3.8) is 0 Å². The lowest BCUT2D eigenvalue weighted by Gasteiger charge is -2.34. The first-order valence-electron chi connectivity index (χ1n) is 10.4. The summed E-state index contributed by atoms with van der Waals surface area (Å²) in [5.74, 6) is 1.53. The van der Waals surface area contributed by atoms with Crippen LogP contribution in [-0.4, -0.2) is 47.0 Å². The first-order valence-corrected chi connectivity index (χ1v) is 10.4. The SMILES string of the molecule is Cc1cccc(NC(=O)N2CCN(Cc3nc(-c4ccccc4C)oc3C)CC2)c1. The molecule has 0 radical (unpaired) electrons. The molecule has 1 fully saturated rings. The van der Waals surface area contributed by atoms with Crippen molar-refractivity contribution in [2.45, 2.75) is 27.3 Å². The van der Waals surface area contributed by atoms with Crippen molar-refractivity contribution in [3.8, 4) is 11.5 Å². The number of nitrogens with one attached hydrogen (secondary N) is 1. The maximum Gasteiger partial charge on any atom is 0.321 e. The standard InChI is InChI=1S/C24H28N4O2/c1-17-7-6-9-20(15-17)25-24(29)28-13-11-27(12-14-28)16-22-19(3)30-23(26-22)21-10-5-4-8-18(21)2/h4-10,15H,11-14,16H2,1-3H3,(H,25,29). The van der Waals surface area contributed by atoms with Crippen LogP contribution in [0.1, 0.15) is 22.6 Å². The second kappa shape index (κ2) is 8.71. The molecule has 1 saturated heterocycles. The molecule has 1 N–H and O–H groups in total. The summed E-state index contributed by atoms with van der Waals surface area (Å²) < 4.78 is 5.95. The Hall–Kier alpha value is -3.12. The van der Waals surface area contributed by atoms with Crippen LogP contribution in [0.4, 0.5) is 10.5 Å². The van der Waals surface area contributed by atoms with E-state index in [1.807, 2.05) is 61.2 Å². The van der Waals surface area contributed by atoms with E-state index in [2.05, 4.69) is 23.2 Å². The van der Waals surface area contributed by atoms with E-state index in [1.54, 1.807) is 0 Å². The van der Waals surface area contributed by atoms with Gasteiger partial charge in [0.05, 0.1) is 5.69 Å². The minimum Gasteiger partial charge on any atom is -0.441 e. The summed E-state index contributed by atoms with van der Waals surface area (Å²) in [4.78, 5) is 21.5. The number of amides is 2. The molecule has 2 aromatic carbocycles. The average Bonchev–Trinajstić information content (AvgIpc) is 3.09. The van der Waals surface area contributed by atoms with Gasteiger partial charge in [-0.3, -0.25) is 4.90 Å². The van der Waals surface area contributed by atoms with E-state index in [1.165, 1.54) is 0 Å². The first-order chi connectivity index (χ1) is 14.5. The zero-order valence-electron chi connectivity index (χ0n) is 17.8. The van der Waals surface area contributed by atoms with Gasteiger partial charge in [-0.1, -0.05) is 30.3 Å². The molecule has 6 nitrogen and oxygen atoms in total. The van der Waals surface area contributed by atoms with Crippen molar-refractivity contribution >= 4 is 11.7 Å². The number of carbonyl (C=O) groups excluding carboxylic acids is 1. The molecular formula is C24H28N4O2. The van der Waals surface area contributed by atoms with E-state index < -0.39 is 0 Å². The molecule has 1 aromatic heterocycles. The highest BCUT2D eigenvalue weighted by molar-refractivity contribution is 5.89. The molecule has 3 aromatic rings. The van der Waals surface area contributed by atoms with Gasteiger partial charge in [-0.15, -0.1) is 0 Å². The predicted molar refractivity (Wildman–Crippen MR) is 118 cm³/mol. The minimum atomic E-state index is -0.0419. The Morgan fingerprint density at radius 2 is 1.80 bits per heavy atom. The third-order valence-electron chi connectivity index (χ3n) is 5.57. The van der Waals surface area contributed by atoms with Crippen LogP contribution in [0.2, 0.25) is 0 Å². The molecule has 1 aliphatic heterocycles. The van der Waals surface area contributed by atoms with Crippen LogP contribution in [0, 0.1) is 20.8 Å². The Morgan fingerprint density at radius 3 is 2.53 bits per heavy atom. The fourth-order valence-electron chi connectivity index (χ4n) is 3.75. The highest BCUT2D eigenvalue weighted by Crippen LogP contribution is 2.25. The lowest BCUT2D eigenvalue weighted by molar-refractivity contribution is 0.141. The van der Waals surface area contributed by atoms with Gasteiger partial charge in [0, 0.05) is 44.0 Å². The number of piperazine rings is 1. The number of urea groups is 1. The molecule has 0 saturated carbocycles. The summed E-state index contributed by atoms with van der Waals surface area (Å²) in [6.07, 6.45) is 0. The molecule has 0 spiro atoms. The fraction of sp³-hybridized carbons (Fsp3) is 0.333. The summed E-state index contributed by atoms with van der Waals surface area (Å²) in [6, 6.07) is 15.9. The average molecular weight is 405 g/mol. The molecule has 2 heterocycles. The number of aryl methyl sites for hydroxylation is 3. The lowest BCUT2D eigenvalue weighted by atomic mass is 10.1. The van der Waals surface area contributed by atoms with Gasteiger partial charge in [0.15, 0.2) is 0 Å². The molecule has 4 rings (SSSR count). The largest absolute Gasteiger partial charge is 0.441 e. The lowest BCUT2D eigenvalue weighted by Crippen LogP contribution is -2.49. The van der Waals surface area contributed by atoms with Gasteiger partial charge in [0.2, 0.25) is 5.89 Å². The summed E-state index contributed by atoms with van der Waals surface area (Å²) in [5, 5.41) is 2.99. The monoisotopic (exact) mass is 404 g/mol. The summed E-state index contributed by atoms with van der Waals surface area (Å²) >= 11 is 0. The first kappa shape index (κ1) is 20.2. The molecular weight excluding hydrogens is 376 g/mol. The number of oxazole rings is 1. The van der Waals surface area contributed by atoms with Gasteiger partial charge in [-0.25, -0.2) is 9.78 Å². The predicted octanol–water partition coefficient (Wildman–Crippen LogP) is 4.62. The molecule has 6 heteroatoms. The van der Waals surface area contributed by atoms with Gasteiger partial charge in [-0.2, -0.15) is 0 Å². The van der Waals surface area contributed by atoms with E-state index in [9.17, 15) is 4.79 Å². The van der Waals surface area contributed by atoms with Crippen LogP contribution >= 0.6 is 0 Å². The normalized spacial score (nSPS) is 14.7. The molecule has 30 heavy (non-hydrogen) atoms. The number of carbonyl (C=O) groups is 1. The maximum absolute atomic E-state index is 12.6. The van der Waals surface area contributed by atoms with Crippen molar-refractivity contribution in [1.82, 2.24) is 14.8 Å². The molecule has 0 atom stereocenters. The van der Waals surface area contributed by atoms with Crippen molar-refractivity contribution < 1.29 is 9.21 Å². The summed E-state index contributed by atoms with van der Waals surface area (Å²) in [5.41, 5.74) is 5.11. The molecule has 2 amide bonds. The number of rotatable bonds is 4. The number of aromatic nitrogens is 1. The van der Waals surface area contributed by atoms with E-state index in [0.29, 0.717) is 19.0 Å². The van der Waals surface area contributed by atoms with Crippen LogP contribution in [0.25, 0.3) is 11.5 Å². The highest BCUT2D eigenvalue weighted by Gasteiger charge is 2.23. The van der Waals surface area contributed by atoms with Crippen molar-refractivity contribution in [2.75, 3.05) is 31.5 Å². The van der Waals surface area contributed by atoms with E-state index in [4.69, 9.17) is 9.40 Å². The highest BCUT2D eigenvalue weighted by atomic mass is 16.4. The van der Waals surface area contributed by atoms with Gasteiger partial charge in [0.25, 0.3) is 0 Å². The second-order valence-corrected chi connectivity index (χ2v) is 7.90. The summed E-state index contributed by atoms with van der Waals surface area (Å²) in [7, 11) is 0. The zero-order chi connectivity index (χ0) is 21.1. The Kier molecular flexibility index (Phi) is 5.86. The maximum atomic E-state index is 12.6. The number of hydrogen-bond donors (Lipinski definition) is 1. The van der Waals surface area contributed by atoms with Crippen molar-refractivity contribution in [3.05, 3.63) is 71.1 Å². The van der Waals surface area contributed by atoms with Crippen LogP contribution in [0.5, 0.6) is 0 Å². The molecule has 156 valence electrons. The number of benzene rings is 2. The van der Waals surface area contributed by atoms with Crippen molar-refractivity contribution in [2.24, 2.45) is 0 Å². The van der Waals surface area contributed by atoms with Crippen LogP contribution in [0.3, 0.4) is 0 Å². The molecule has 0 unspecified atom stereocenters. The quantitative estimate of drug-likeness (QED) is 0.689. The van der Waals surface area contributed by atoms with E-state index in [0.717, 1.165) is 53.5 Å². The fourth-order valence-corrected chi connectivity index (χ4v) is 3.75. The van der Waals surface area contributed by atoms with Crippen LogP contribution in [-0.2, 0) is 6.54 Å². The van der Waals surface area contributed by atoms with Gasteiger partial charge >= 0.3 is 6.03 Å². The Bertz CT molecular complexity index is 1040. The second-order valence-electron chi connectivity index (χ2n) is 7.90. The smallest absolute Gasteiger partial charge is 0.321 e.